The van der Waals surface area contributed by atoms with Crippen LogP contribution < -0.4 is 0 Å². The lowest BCUT2D eigenvalue weighted by molar-refractivity contribution is -0.0597. The van der Waals surface area contributed by atoms with E-state index in [1.54, 1.807) is 0 Å². The van der Waals surface area contributed by atoms with Crippen LogP contribution in [0.5, 0.6) is 0 Å². The molecule has 0 aromatic carbocycles. The molecule has 0 fully saturated rings. The van der Waals surface area contributed by atoms with Crippen LogP contribution in [0.4, 0.5) is 13.2 Å². The van der Waals surface area contributed by atoms with E-state index in [-0.39, 0.29) is 5.88 Å². The monoisotopic (exact) mass is 168 g/mol. The lowest BCUT2D eigenvalue weighted by atomic mass is 10.6. The van der Waals surface area contributed by atoms with Crippen LogP contribution in [0, 0.1) is 0 Å². The number of halogens is 3. The second-order valence-corrected chi connectivity index (χ2v) is 2.31. The second-order valence-electron chi connectivity index (χ2n) is 1.51. The summed E-state index contributed by atoms with van der Waals surface area (Å²) in [6.45, 7) is 0. The molecular weight excluding hydrogens is 165 g/mol. The Morgan fingerprint density at radius 3 is 2.50 bits per heavy atom. The highest BCUT2D eigenvalue weighted by atomic mass is 32.2. The Balaban J connectivity index is 2.73. The summed E-state index contributed by atoms with van der Waals surface area (Å²) in [6, 6.07) is 0. The van der Waals surface area contributed by atoms with Gasteiger partial charge in [-0.25, -0.2) is 4.99 Å². The molecule has 0 atom stereocenters. The first-order chi connectivity index (χ1) is 4.61. The molecule has 2 nitrogen and oxygen atoms in total. The molecule has 0 N–H and O–H groups in total. The topological polar surface area (TPSA) is 24.7 Å². The molecule has 0 aliphatic carbocycles. The normalized spacial score (nSPS) is 18.9. The third-order valence-electron chi connectivity index (χ3n) is 0.792. The number of nitrogens with zero attached hydrogens (tertiary/aromatic N) is 2. The van der Waals surface area contributed by atoms with Crippen molar-refractivity contribution in [1.29, 1.82) is 0 Å². The van der Waals surface area contributed by atoms with Gasteiger partial charge in [0.1, 0.15) is 0 Å². The van der Waals surface area contributed by atoms with Gasteiger partial charge in [0.2, 0.25) is 5.84 Å². The first-order valence-electron chi connectivity index (χ1n) is 2.36. The summed E-state index contributed by atoms with van der Waals surface area (Å²) in [5.41, 5.74) is 1.15. The van der Waals surface area contributed by atoms with E-state index in [0.29, 0.717) is 0 Å². The molecule has 6 heteroatoms. The number of aliphatic imine (C=N–C) groups is 2. The minimum atomic E-state index is -4.39. The second kappa shape index (κ2) is 2.61. The van der Waals surface area contributed by atoms with Gasteiger partial charge in [-0.2, -0.15) is 13.2 Å². The van der Waals surface area contributed by atoms with Crippen molar-refractivity contribution < 1.29 is 13.2 Å². The predicted molar refractivity (Wildman–Crippen MR) is 34.4 cm³/mol. The maximum Gasteiger partial charge on any atom is 0.451 e. The number of hydrogen-bond donors (Lipinski definition) is 0. The van der Waals surface area contributed by atoms with Crippen LogP contribution in [0.3, 0.4) is 0 Å². The van der Waals surface area contributed by atoms with E-state index >= 15 is 0 Å². The van der Waals surface area contributed by atoms with Gasteiger partial charge in [-0.05, 0) is 0 Å². The van der Waals surface area contributed by atoms with E-state index in [4.69, 9.17) is 0 Å². The first-order valence-corrected chi connectivity index (χ1v) is 3.41. The van der Waals surface area contributed by atoms with Crippen molar-refractivity contribution in [3.05, 3.63) is 0 Å². The number of amidine groups is 1. The Morgan fingerprint density at radius 2 is 2.20 bits per heavy atom. The third kappa shape index (κ3) is 1.73. The molecule has 1 heterocycles. The summed E-state index contributed by atoms with van der Waals surface area (Å²) in [5.74, 6) is -0.926. The number of thioether (sulfide) groups is 1. The van der Waals surface area contributed by atoms with Crippen LogP contribution in [0.15, 0.2) is 9.98 Å². The van der Waals surface area contributed by atoms with E-state index in [2.05, 4.69) is 9.98 Å². The van der Waals surface area contributed by atoms with Crippen LogP contribution >= 0.6 is 11.8 Å². The Bertz CT molecular complexity index is 183. The molecule has 0 saturated carbocycles. The lowest BCUT2D eigenvalue weighted by Crippen LogP contribution is -2.22. The van der Waals surface area contributed by atoms with Gasteiger partial charge in [0, 0.05) is 0 Å². The molecule has 0 unspecified atom stereocenters. The van der Waals surface area contributed by atoms with Crippen LogP contribution in [0.25, 0.3) is 0 Å². The first kappa shape index (κ1) is 7.59. The quantitative estimate of drug-likeness (QED) is 0.540. The van der Waals surface area contributed by atoms with Crippen LogP contribution in [-0.2, 0) is 0 Å². The molecule has 0 aromatic rings. The van der Waals surface area contributed by atoms with Crippen molar-refractivity contribution in [2.75, 3.05) is 5.88 Å². The number of alkyl halides is 3. The van der Waals surface area contributed by atoms with Gasteiger partial charge in [0.15, 0.2) is 0 Å². The Labute approximate surface area is 59.2 Å². The minimum absolute atomic E-state index is 0.109. The van der Waals surface area contributed by atoms with E-state index in [9.17, 15) is 13.2 Å². The molecule has 0 amide bonds. The highest BCUT2D eigenvalue weighted by Gasteiger charge is 2.36. The highest BCUT2D eigenvalue weighted by molar-refractivity contribution is 8.12. The maximum absolute atomic E-state index is 11.7. The zero-order chi connectivity index (χ0) is 7.61. The van der Waals surface area contributed by atoms with Gasteiger partial charge in [0.25, 0.3) is 0 Å². The van der Waals surface area contributed by atoms with E-state index in [1.807, 2.05) is 0 Å². The van der Waals surface area contributed by atoms with Gasteiger partial charge in [-0.15, -0.1) is 0 Å². The minimum Gasteiger partial charge on any atom is -0.251 e. The fourth-order valence-electron chi connectivity index (χ4n) is 0.423. The Kier molecular flexibility index (Phi) is 1.98. The van der Waals surface area contributed by atoms with E-state index in [1.165, 1.54) is 0 Å². The van der Waals surface area contributed by atoms with Gasteiger partial charge < -0.3 is 0 Å². The van der Waals surface area contributed by atoms with Crippen molar-refractivity contribution in [2.24, 2.45) is 9.98 Å². The van der Waals surface area contributed by atoms with Gasteiger partial charge in [-0.1, -0.05) is 11.8 Å². The van der Waals surface area contributed by atoms with Gasteiger partial charge in [-0.3, -0.25) is 4.99 Å². The Hall–Kier alpha value is -0.520. The molecule has 0 bridgehead atoms. The summed E-state index contributed by atoms with van der Waals surface area (Å²) in [5, 5.41) is 0. The standard InChI is InChI=1S/C4H3F3N2S/c5-4(6,7)3-8-1-10-2-9-3/h1H,2H2. The molecule has 56 valence electrons. The summed E-state index contributed by atoms with van der Waals surface area (Å²) in [7, 11) is 0. The third-order valence-corrected chi connectivity index (χ3v) is 1.32. The molecule has 0 aromatic heterocycles. The lowest BCUT2D eigenvalue weighted by Gasteiger charge is -2.07. The average Bonchev–Trinajstić information content (AvgIpc) is 1.88. The zero-order valence-electron chi connectivity index (χ0n) is 4.72. The van der Waals surface area contributed by atoms with E-state index in [0.717, 1.165) is 17.3 Å². The van der Waals surface area contributed by atoms with Crippen LogP contribution in [0.2, 0.25) is 0 Å². The summed E-state index contributed by atoms with van der Waals surface area (Å²) in [4.78, 5) is 6.22. The Morgan fingerprint density at radius 1 is 1.50 bits per heavy atom. The zero-order valence-corrected chi connectivity index (χ0v) is 5.54. The molecular formula is C4H3F3N2S. The predicted octanol–water partition coefficient (Wildman–Crippen LogP) is 1.68. The SMILES string of the molecule is FC(F)(F)C1=NCSC=N1. The molecule has 10 heavy (non-hydrogen) atoms. The van der Waals surface area contributed by atoms with Crippen molar-refractivity contribution >= 4 is 23.1 Å². The van der Waals surface area contributed by atoms with Crippen molar-refractivity contribution in [3.63, 3.8) is 0 Å². The molecule has 0 saturated heterocycles. The smallest absolute Gasteiger partial charge is 0.251 e. The molecule has 1 aliphatic rings. The average molecular weight is 168 g/mol. The number of hydrogen-bond acceptors (Lipinski definition) is 3. The molecule has 0 spiro atoms. The van der Waals surface area contributed by atoms with Crippen LogP contribution in [0.1, 0.15) is 0 Å². The van der Waals surface area contributed by atoms with Crippen molar-refractivity contribution in [1.82, 2.24) is 0 Å². The van der Waals surface area contributed by atoms with Gasteiger partial charge in [0.05, 0.1) is 11.4 Å². The molecule has 1 rings (SSSR count). The summed E-state index contributed by atoms with van der Waals surface area (Å²) >= 11 is 1.14. The van der Waals surface area contributed by atoms with Gasteiger partial charge >= 0.3 is 6.18 Å². The molecule has 1 aliphatic heterocycles. The number of rotatable bonds is 0. The van der Waals surface area contributed by atoms with Crippen molar-refractivity contribution in [2.45, 2.75) is 6.18 Å². The summed E-state index contributed by atoms with van der Waals surface area (Å²) < 4.78 is 35.1. The maximum atomic E-state index is 11.7. The fourth-order valence-corrected chi connectivity index (χ4v) is 0.860. The van der Waals surface area contributed by atoms with Crippen LogP contribution in [-0.4, -0.2) is 23.4 Å². The summed E-state index contributed by atoms with van der Waals surface area (Å²) in [6.07, 6.45) is -4.39. The highest BCUT2D eigenvalue weighted by Crippen LogP contribution is 2.20. The largest absolute Gasteiger partial charge is 0.451 e. The van der Waals surface area contributed by atoms with Crippen molar-refractivity contribution in [3.8, 4) is 0 Å². The fraction of sp³-hybridized carbons (Fsp3) is 0.500. The van der Waals surface area contributed by atoms with E-state index < -0.39 is 12.0 Å². The molecule has 0 radical (unpaired) electrons.